The van der Waals surface area contributed by atoms with Crippen molar-refractivity contribution in [2.45, 2.75) is 46.1 Å². The normalized spacial score (nSPS) is 15.1. The summed E-state index contributed by atoms with van der Waals surface area (Å²) in [7, 11) is 0. The maximum atomic E-state index is 11.8. The van der Waals surface area contributed by atoms with E-state index in [4.69, 9.17) is 4.74 Å². The van der Waals surface area contributed by atoms with Gasteiger partial charge in [0.25, 0.3) is 0 Å². The van der Waals surface area contributed by atoms with Gasteiger partial charge in [0, 0.05) is 12.0 Å². The van der Waals surface area contributed by atoms with Crippen LogP contribution in [0.25, 0.3) is 0 Å². The van der Waals surface area contributed by atoms with Gasteiger partial charge in [-0.25, -0.2) is 0 Å². The quantitative estimate of drug-likeness (QED) is 0.761. The van der Waals surface area contributed by atoms with Gasteiger partial charge < -0.3 is 4.74 Å². The standard InChI is InChI=1S/C14H18O2/c1-9(2)16-14-8-12-11(7-10(14)3)5-4-6-13(12)15/h7-9H,4-6H2,1-3H3. The van der Waals surface area contributed by atoms with Crippen LogP contribution < -0.4 is 4.74 Å². The van der Waals surface area contributed by atoms with Crippen molar-refractivity contribution >= 4 is 5.78 Å². The summed E-state index contributed by atoms with van der Waals surface area (Å²) < 4.78 is 5.71. The molecule has 0 saturated heterocycles. The Balaban J connectivity index is 2.41. The highest BCUT2D eigenvalue weighted by molar-refractivity contribution is 5.99. The number of fused-ring (bicyclic) bond motifs is 1. The van der Waals surface area contributed by atoms with E-state index in [9.17, 15) is 4.79 Å². The summed E-state index contributed by atoms with van der Waals surface area (Å²) in [6.07, 6.45) is 2.83. The fraction of sp³-hybridized carbons (Fsp3) is 0.500. The molecule has 0 unspecified atom stereocenters. The number of benzene rings is 1. The first kappa shape index (κ1) is 11.2. The van der Waals surface area contributed by atoms with Gasteiger partial charge in [-0.3, -0.25) is 4.79 Å². The van der Waals surface area contributed by atoms with Gasteiger partial charge in [0.1, 0.15) is 5.75 Å². The molecule has 16 heavy (non-hydrogen) atoms. The molecule has 0 N–H and O–H groups in total. The first-order chi connectivity index (χ1) is 7.58. The van der Waals surface area contributed by atoms with Gasteiger partial charge >= 0.3 is 0 Å². The molecule has 0 aromatic heterocycles. The predicted octanol–water partition coefficient (Wildman–Crippen LogP) is 3.30. The molecule has 86 valence electrons. The molecule has 1 aromatic rings. The van der Waals surface area contributed by atoms with Crippen molar-refractivity contribution in [1.29, 1.82) is 0 Å². The van der Waals surface area contributed by atoms with Crippen molar-refractivity contribution in [2.75, 3.05) is 0 Å². The number of hydrogen-bond acceptors (Lipinski definition) is 2. The number of carbonyl (C=O) groups is 1. The molecule has 0 bridgehead atoms. The van der Waals surface area contributed by atoms with E-state index in [0.29, 0.717) is 6.42 Å². The highest BCUT2D eigenvalue weighted by Crippen LogP contribution is 2.29. The van der Waals surface area contributed by atoms with E-state index in [1.165, 1.54) is 5.56 Å². The third kappa shape index (κ3) is 2.11. The lowest BCUT2D eigenvalue weighted by atomic mass is 9.89. The summed E-state index contributed by atoms with van der Waals surface area (Å²) in [5.41, 5.74) is 3.18. The van der Waals surface area contributed by atoms with E-state index < -0.39 is 0 Å². The third-order valence-corrected chi connectivity index (χ3v) is 2.91. The molecule has 0 atom stereocenters. The van der Waals surface area contributed by atoms with Crippen molar-refractivity contribution in [2.24, 2.45) is 0 Å². The Morgan fingerprint density at radius 1 is 1.25 bits per heavy atom. The number of ether oxygens (including phenoxy) is 1. The fourth-order valence-corrected chi connectivity index (χ4v) is 2.17. The molecule has 2 rings (SSSR count). The van der Waals surface area contributed by atoms with Crippen LogP contribution in [0.4, 0.5) is 0 Å². The second-order valence-electron chi connectivity index (χ2n) is 4.72. The third-order valence-electron chi connectivity index (χ3n) is 2.91. The summed E-state index contributed by atoms with van der Waals surface area (Å²) in [5, 5.41) is 0. The molecule has 1 aliphatic carbocycles. The van der Waals surface area contributed by atoms with Crippen LogP contribution in [-0.2, 0) is 6.42 Å². The summed E-state index contributed by atoms with van der Waals surface area (Å²) >= 11 is 0. The second kappa shape index (κ2) is 4.28. The van der Waals surface area contributed by atoms with E-state index in [1.807, 2.05) is 26.8 Å². The number of Topliss-reactive ketones (excluding diaryl/α,β-unsaturated/α-hetero) is 1. The number of ketones is 1. The van der Waals surface area contributed by atoms with Gasteiger partial charge in [-0.1, -0.05) is 6.07 Å². The van der Waals surface area contributed by atoms with Gasteiger partial charge in [-0.15, -0.1) is 0 Å². The Morgan fingerprint density at radius 2 is 2.00 bits per heavy atom. The molecular formula is C14H18O2. The van der Waals surface area contributed by atoms with E-state index in [1.54, 1.807) is 0 Å². The second-order valence-corrected chi connectivity index (χ2v) is 4.72. The molecule has 2 nitrogen and oxygen atoms in total. The first-order valence-corrected chi connectivity index (χ1v) is 5.91. The molecule has 1 aromatic carbocycles. The van der Waals surface area contributed by atoms with Crippen LogP contribution in [0.3, 0.4) is 0 Å². The minimum absolute atomic E-state index is 0.149. The van der Waals surface area contributed by atoms with Gasteiger partial charge in [-0.2, -0.15) is 0 Å². The Hall–Kier alpha value is -1.31. The van der Waals surface area contributed by atoms with E-state index in [0.717, 1.165) is 29.7 Å². The number of rotatable bonds is 2. The lowest BCUT2D eigenvalue weighted by Gasteiger charge is -2.19. The molecule has 0 amide bonds. The first-order valence-electron chi connectivity index (χ1n) is 5.91. The summed E-state index contributed by atoms with van der Waals surface area (Å²) in [4.78, 5) is 11.8. The maximum Gasteiger partial charge on any atom is 0.163 e. The zero-order valence-corrected chi connectivity index (χ0v) is 10.2. The van der Waals surface area contributed by atoms with Gasteiger partial charge in [0.15, 0.2) is 5.78 Å². The Bertz CT molecular complexity index is 419. The zero-order valence-electron chi connectivity index (χ0n) is 10.2. The van der Waals surface area contributed by atoms with E-state index in [2.05, 4.69) is 6.07 Å². The van der Waals surface area contributed by atoms with E-state index >= 15 is 0 Å². The molecular weight excluding hydrogens is 200 g/mol. The van der Waals surface area contributed by atoms with Gasteiger partial charge in [0.05, 0.1) is 6.10 Å². The Morgan fingerprint density at radius 3 is 2.69 bits per heavy atom. The topological polar surface area (TPSA) is 26.3 Å². The average Bonchev–Trinajstić information content (AvgIpc) is 2.20. The minimum Gasteiger partial charge on any atom is -0.491 e. The van der Waals surface area contributed by atoms with Gasteiger partial charge in [0.2, 0.25) is 0 Å². The fourth-order valence-electron chi connectivity index (χ4n) is 2.17. The molecule has 0 radical (unpaired) electrons. The monoisotopic (exact) mass is 218 g/mol. The van der Waals surface area contributed by atoms with E-state index in [-0.39, 0.29) is 11.9 Å². The van der Waals surface area contributed by atoms with Crippen LogP contribution in [0.5, 0.6) is 5.75 Å². The SMILES string of the molecule is Cc1cc2c(cc1OC(C)C)C(=O)CCC2. The molecule has 1 aliphatic rings. The van der Waals surface area contributed by atoms with Crippen molar-refractivity contribution in [3.8, 4) is 5.75 Å². The van der Waals surface area contributed by atoms with Crippen molar-refractivity contribution in [3.05, 3.63) is 28.8 Å². The largest absolute Gasteiger partial charge is 0.491 e. The molecule has 0 saturated carbocycles. The summed E-state index contributed by atoms with van der Waals surface area (Å²) in [6, 6.07) is 4.02. The van der Waals surface area contributed by atoms with Crippen LogP contribution in [0.15, 0.2) is 12.1 Å². The highest BCUT2D eigenvalue weighted by Gasteiger charge is 2.19. The lowest BCUT2D eigenvalue weighted by Crippen LogP contribution is -2.13. The highest BCUT2D eigenvalue weighted by atomic mass is 16.5. The lowest BCUT2D eigenvalue weighted by molar-refractivity contribution is 0.0971. The van der Waals surface area contributed by atoms with Crippen molar-refractivity contribution < 1.29 is 9.53 Å². The maximum absolute atomic E-state index is 11.8. The average molecular weight is 218 g/mol. The van der Waals surface area contributed by atoms with Crippen molar-refractivity contribution in [1.82, 2.24) is 0 Å². The molecule has 0 heterocycles. The smallest absolute Gasteiger partial charge is 0.163 e. The van der Waals surface area contributed by atoms with Crippen molar-refractivity contribution in [3.63, 3.8) is 0 Å². The Kier molecular flexibility index (Phi) is 2.99. The minimum atomic E-state index is 0.149. The van der Waals surface area contributed by atoms with Crippen LogP contribution in [0, 0.1) is 6.92 Å². The number of carbonyl (C=O) groups excluding carboxylic acids is 1. The van der Waals surface area contributed by atoms with Crippen LogP contribution in [0.2, 0.25) is 0 Å². The Labute approximate surface area is 96.6 Å². The predicted molar refractivity (Wildman–Crippen MR) is 64.2 cm³/mol. The molecule has 2 heteroatoms. The molecule has 0 spiro atoms. The zero-order chi connectivity index (χ0) is 11.7. The van der Waals surface area contributed by atoms with Crippen LogP contribution in [-0.4, -0.2) is 11.9 Å². The summed E-state index contributed by atoms with van der Waals surface area (Å²) in [5.74, 6) is 1.11. The molecule has 0 fully saturated rings. The van der Waals surface area contributed by atoms with Gasteiger partial charge in [-0.05, 0) is 50.8 Å². The number of aryl methyl sites for hydroxylation is 2. The number of hydrogen-bond donors (Lipinski definition) is 0. The summed E-state index contributed by atoms with van der Waals surface area (Å²) in [6.45, 7) is 6.04. The van der Waals surface area contributed by atoms with Crippen LogP contribution >= 0.6 is 0 Å². The van der Waals surface area contributed by atoms with Crippen LogP contribution in [0.1, 0.15) is 48.2 Å². The molecule has 0 aliphatic heterocycles.